The molecule has 1 rings (SSSR count). The van der Waals surface area contributed by atoms with Gasteiger partial charge in [0.25, 0.3) is 0 Å². The van der Waals surface area contributed by atoms with Gasteiger partial charge < -0.3 is 5.73 Å². The number of hydrogen-bond acceptors (Lipinski definition) is 1. The van der Waals surface area contributed by atoms with Crippen molar-refractivity contribution < 1.29 is 4.98 Å². The first-order chi connectivity index (χ1) is 4.22. The number of rotatable bonds is 0. The topological polar surface area (TPSA) is 40.2 Å². The Morgan fingerprint density at radius 2 is 2.22 bits per heavy atom. The first kappa shape index (κ1) is 6.83. The van der Waals surface area contributed by atoms with Crippen LogP contribution in [0, 0.1) is 0 Å². The van der Waals surface area contributed by atoms with Crippen LogP contribution in [0.3, 0.4) is 0 Å². The van der Waals surface area contributed by atoms with Gasteiger partial charge in [0.2, 0.25) is 0 Å². The van der Waals surface area contributed by atoms with Gasteiger partial charge in [-0.05, 0) is 15.9 Å². The lowest BCUT2D eigenvalue weighted by Crippen LogP contribution is -2.02. The highest BCUT2D eigenvalue weighted by Crippen LogP contribution is 2.24. The Labute approximate surface area is 66.2 Å². The molecular formula is C5H5BrClN2+. The summed E-state index contributed by atoms with van der Waals surface area (Å²) in [5, 5.41) is 0.550. The highest BCUT2D eigenvalue weighted by atomic mass is 79.9. The zero-order valence-corrected chi connectivity index (χ0v) is 6.83. The molecule has 0 fully saturated rings. The monoisotopic (exact) mass is 207 g/mol. The SMILES string of the molecule is Nc1c[nH+]cc(Br)c1Cl. The van der Waals surface area contributed by atoms with Crippen molar-refractivity contribution >= 4 is 33.2 Å². The summed E-state index contributed by atoms with van der Waals surface area (Å²) in [5.41, 5.74) is 5.97. The molecule has 0 aliphatic rings. The molecule has 1 heterocycles. The minimum absolute atomic E-state index is 0.547. The van der Waals surface area contributed by atoms with E-state index in [0.717, 1.165) is 4.47 Å². The van der Waals surface area contributed by atoms with Crippen LogP contribution in [0.2, 0.25) is 5.02 Å². The quantitative estimate of drug-likeness (QED) is 0.690. The second-order valence-corrected chi connectivity index (χ2v) is 2.80. The van der Waals surface area contributed by atoms with Crippen molar-refractivity contribution in [3.05, 3.63) is 21.9 Å². The number of aromatic amines is 1. The number of nitrogen functional groups attached to an aromatic ring is 1. The second kappa shape index (κ2) is 2.54. The van der Waals surface area contributed by atoms with E-state index >= 15 is 0 Å². The van der Waals surface area contributed by atoms with Crippen LogP contribution >= 0.6 is 27.5 Å². The fraction of sp³-hybridized carbons (Fsp3) is 0. The van der Waals surface area contributed by atoms with Crippen molar-refractivity contribution in [1.29, 1.82) is 0 Å². The summed E-state index contributed by atoms with van der Waals surface area (Å²) < 4.78 is 0.782. The maximum absolute atomic E-state index is 5.69. The Kier molecular flexibility index (Phi) is 1.93. The molecule has 48 valence electrons. The smallest absolute Gasteiger partial charge is 0.191 e. The van der Waals surface area contributed by atoms with E-state index in [9.17, 15) is 0 Å². The summed E-state index contributed by atoms with van der Waals surface area (Å²) in [6.45, 7) is 0. The summed E-state index contributed by atoms with van der Waals surface area (Å²) in [4.78, 5) is 2.81. The molecule has 0 aromatic carbocycles. The molecule has 4 heteroatoms. The van der Waals surface area contributed by atoms with Crippen LogP contribution in [0.1, 0.15) is 0 Å². The summed E-state index contributed by atoms with van der Waals surface area (Å²) in [6.07, 6.45) is 3.35. The highest BCUT2D eigenvalue weighted by molar-refractivity contribution is 9.10. The van der Waals surface area contributed by atoms with Crippen molar-refractivity contribution in [2.75, 3.05) is 5.73 Å². The lowest BCUT2D eigenvalue weighted by Gasteiger charge is -1.91. The van der Waals surface area contributed by atoms with Gasteiger partial charge in [-0.25, -0.2) is 4.98 Å². The molecule has 0 amide bonds. The average molecular weight is 208 g/mol. The van der Waals surface area contributed by atoms with Gasteiger partial charge in [0.05, 0.1) is 5.02 Å². The van der Waals surface area contributed by atoms with Crippen LogP contribution in [0.15, 0.2) is 16.9 Å². The van der Waals surface area contributed by atoms with E-state index in [-0.39, 0.29) is 0 Å². The molecule has 0 radical (unpaired) electrons. The maximum atomic E-state index is 5.69. The van der Waals surface area contributed by atoms with Crippen molar-refractivity contribution in [2.45, 2.75) is 0 Å². The van der Waals surface area contributed by atoms with Crippen LogP contribution in [-0.2, 0) is 0 Å². The fourth-order valence-electron chi connectivity index (χ4n) is 0.469. The summed E-state index contributed by atoms with van der Waals surface area (Å²) >= 11 is 8.89. The third-order valence-electron chi connectivity index (χ3n) is 0.912. The molecule has 0 saturated carbocycles. The highest BCUT2D eigenvalue weighted by Gasteiger charge is 2.02. The lowest BCUT2D eigenvalue weighted by molar-refractivity contribution is -0.377. The molecule has 0 unspecified atom stereocenters. The standard InChI is InChI=1S/C5H4BrClN2/c6-3-1-9-2-4(8)5(3)7/h1-2H,8H2/p+1. The Morgan fingerprint density at radius 1 is 1.56 bits per heavy atom. The predicted octanol–water partition coefficient (Wildman–Crippen LogP) is 1.50. The van der Waals surface area contributed by atoms with Gasteiger partial charge in [-0.2, -0.15) is 0 Å². The minimum Gasteiger partial charge on any atom is -0.393 e. The maximum Gasteiger partial charge on any atom is 0.191 e. The number of pyridine rings is 1. The van der Waals surface area contributed by atoms with Crippen molar-refractivity contribution in [1.82, 2.24) is 0 Å². The van der Waals surface area contributed by atoms with Gasteiger partial charge in [-0.15, -0.1) is 0 Å². The molecule has 1 aromatic rings. The van der Waals surface area contributed by atoms with E-state index in [1.165, 1.54) is 0 Å². The zero-order valence-electron chi connectivity index (χ0n) is 4.49. The minimum atomic E-state index is 0.547. The predicted molar refractivity (Wildman–Crippen MR) is 40.1 cm³/mol. The van der Waals surface area contributed by atoms with Crippen molar-refractivity contribution in [3.63, 3.8) is 0 Å². The molecule has 2 nitrogen and oxygen atoms in total. The number of nitrogens with one attached hydrogen (secondary N) is 1. The van der Waals surface area contributed by atoms with Gasteiger partial charge in [0, 0.05) is 0 Å². The summed E-state index contributed by atoms with van der Waals surface area (Å²) in [5.74, 6) is 0. The first-order valence-corrected chi connectivity index (χ1v) is 3.49. The molecule has 0 spiro atoms. The molecule has 0 atom stereocenters. The normalized spacial score (nSPS) is 9.56. The van der Waals surface area contributed by atoms with Crippen LogP contribution < -0.4 is 10.7 Å². The Morgan fingerprint density at radius 3 is 2.67 bits per heavy atom. The van der Waals surface area contributed by atoms with Crippen molar-refractivity contribution in [2.24, 2.45) is 0 Å². The fourth-order valence-corrected chi connectivity index (χ4v) is 0.939. The van der Waals surface area contributed by atoms with Crippen LogP contribution in [0.5, 0.6) is 0 Å². The first-order valence-electron chi connectivity index (χ1n) is 2.32. The number of nitrogens with two attached hydrogens (primary N) is 1. The van der Waals surface area contributed by atoms with Gasteiger partial charge >= 0.3 is 0 Å². The number of halogens is 2. The van der Waals surface area contributed by atoms with E-state index in [4.69, 9.17) is 17.3 Å². The van der Waals surface area contributed by atoms with Crippen LogP contribution in [-0.4, -0.2) is 0 Å². The number of anilines is 1. The van der Waals surface area contributed by atoms with Gasteiger partial charge in [-0.3, -0.25) is 0 Å². The average Bonchev–Trinajstić information content (AvgIpc) is 1.83. The number of H-pyrrole nitrogens is 1. The number of aromatic nitrogens is 1. The zero-order chi connectivity index (χ0) is 6.85. The van der Waals surface area contributed by atoms with E-state index in [1.807, 2.05) is 0 Å². The summed E-state index contributed by atoms with van der Waals surface area (Å²) in [7, 11) is 0. The van der Waals surface area contributed by atoms with Crippen LogP contribution in [0.25, 0.3) is 0 Å². The molecule has 0 aliphatic heterocycles. The molecule has 1 aromatic heterocycles. The largest absolute Gasteiger partial charge is 0.393 e. The molecule has 9 heavy (non-hydrogen) atoms. The van der Waals surface area contributed by atoms with E-state index < -0.39 is 0 Å². The molecular weight excluding hydrogens is 203 g/mol. The van der Waals surface area contributed by atoms with E-state index in [2.05, 4.69) is 20.9 Å². The Hall–Kier alpha value is -0.280. The van der Waals surface area contributed by atoms with Gasteiger partial charge in [-0.1, -0.05) is 11.6 Å². The van der Waals surface area contributed by atoms with E-state index in [0.29, 0.717) is 10.7 Å². The number of hydrogen-bond donors (Lipinski definition) is 1. The molecule has 0 bridgehead atoms. The van der Waals surface area contributed by atoms with Gasteiger partial charge in [0.1, 0.15) is 10.2 Å². The molecule has 0 saturated heterocycles. The second-order valence-electron chi connectivity index (χ2n) is 1.57. The Balaban J connectivity index is 3.25. The van der Waals surface area contributed by atoms with E-state index in [1.54, 1.807) is 12.4 Å². The molecule has 3 N–H and O–H groups in total. The molecule has 0 aliphatic carbocycles. The van der Waals surface area contributed by atoms with Crippen molar-refractivity contribution in [3.8, 4) is 0 Å². The van der Waals surface area contributed by atoms with Crippen LogP contribution in [0.4, 0.5) is 5.69 Å². The Bertz CT molecular complexity index is 206. The summed E-state index contributed by atoms with van der Waals surface area (Å²) in [6, 6.07) is 0. The third kappa shape index (κ3) is 1.34. The van der Waals surface area contributed by atoms with Gasteiger partial charge in [0.15, 0.2) is 12.4 Å². The lowest BCUT2D eigenvalue weighted by atomic mass is 10.4. The third-order valence-corrected chi connectivity index (χ3v) is 2.19.